The molecule has 0 aliphatic carbocycles. The summed E-state index contributed by atoms with van der Waals surface area (Å²) in [4.78, 5) is 4.20. The second-order valence-corrected chi connectivity index (χ2v) is 3.68. The van der Waals surface area contributed by atoms with Gasteiger partial charge in [-0.15, -0.1) is 0 Å². The summed E-state index contributed by atoms with van der Waals surface area (Å²) in [6.07, 6.45) is 2.26. The molecule has 0 atom stereocenters. The minimum absolute atomic E-state index is 0.478. The topological polar surface area (TPSA) is 29.5 Å². The molecule has 0 aromatic heterocycles. The zero-order valence-corrected chi connectivity index (χ0v) is 8.73. The normalized spacial score (nSPS) is 10.5. The molecule has 0 aliphatic heterocycles. The summed E-state index contributed by atoms with van der Waals surface area (Å²) < 4.78 is 0. The third kappa shape index (κ3) is 2.10. The third-order valence-electron chi connectivity index (χ3n) is 2.52. The molecule has 0 unspecified atom stereocenters. The van der Waals surface area contributed by atoms with Gasteiger partial charge in [-0.1, -0.05) is 37.6 Å². The molecule has 15 heavy (non-hydrogen) atoms. The number of benzene rings is 2. The summed E-state index contributed by atoms with van der Waals surface area (Å²) >= 11 is 0. The van der Waals surface area contributed by atoms with Crippen molar-refractivity contribution in [3.63, 3.8) is 0 Å². The van der Waals surface area contributed by atoms with Gasteiger partial charge >= 0.3 is 0 Å². The summed E-state index contributed by atoms with van der Waals surface area (Å²) in [7, 11) is 0. The van der Waals surface area contributed by atoms with E-state index in [1.165, 1.54) is 10.9 Å². The van der Waals surface area contributed by atoms with Gasteiger partial charge in [0.1, 0.15) is 0 Å². The average Bonchev–Trinajstić information content (AvgIpc) is 2.29. The van der Waals surface area contributed by atoms with Gasteiger partial charge in [-0.05, 0) is 34.9 Å². The van der Waals surface area contributed by atoms with Gasteiger partial charge in [0.25, 0.3) is 0 Å². The van der Waals surface area contributed by atoms with Crippen molar-refractivity contribution >= 4 is 10.8 Å². The molecule has 2 aromatic rings. The van der Waals surface area contributed by atoms with Crippen LogP contribution >= 0.6 is 0 Å². The highest BCUT2D eigenvalue weighted by Gasteiger charge is 1.98. The van der Waals surface area contributed by atoms with E-state index < -0.39 is 0 Å². The maximum absolute atomic E-state index is 8.54. The molecule has 1 N–H and O–H groups in total. The Hall–Kier alpha value is -1.54. The van der Waals surface area contributed by atoms with Gasteiger partial charge < -0.3 is 4.89 Å². The highest BCUT2D eigenvalue weighted by Crippen LogP contribution is 2.22. The molecule has 0 bridgehead atoms. The molecule has 0 heterocycles. The van der Waals surface area contributed by atoms with Crippen molar-refractivity contribution in [1.82, 2.24) is 0 Å². The molecule has 0 amide bonds. The van der Waals surface area contributed by atoms with E-state index >= 15 is 0 Å². The zero-order valence-electron chi connectivity index (χ0n) is 8.73. The first-order chi connectivity index (χ1) is 7.33. The highest BCUT2D eigenvalue weighted by atomic mass is 17.1. The number of hydrogen-bond donors (Lipinski definition) is 1. The zero-order chi connectivity index (χ0) is 10.7. The Morgan fingerprint density at radius 2 is 1.80 bits per heavy atom. The van der Waals surface area contributed by atoms with E-state index in [9.17, 15) is 0 Å². The first-order valence-electron chi connectivity index (χ1n) is 5.17. The van der Waals surface area contributed by atoms with Crippen LogP contribution < -0.4 is 4.89 Å². The van der Waals surface area contributed by atoms with E-state index in [1.54, 1.807) is 6.07 Å². The molecule has 0 saturated carbocycles. The molecule has 2 nitrogen and oxygen atoms in total. The summed E-state index contributed by atoms with van der Waals surface area (Å²) in [5, 5.41) is 10.8. The largest absolute Gasteiger partial charge is 0.340 e. The molecule has 78 valence electrons. The molecular weight excluding hydrogens is 188 g/mol. The summed E-state index contributed by atoms with van der Waals surface area (Å²) in [5.74, 6) is 0.478. The molecule has 2 aromatic carbocycles. The molecule has 0 fully saturated rings. The van der Waals surface area contributed by atoms with Gasteiger partial charge in [0.15, 0.2) is 5.75 Å². The van der Waals surface area contributed by atoms with E-state index in [1.807, 2.05) is 12.1 Å². The van der Waals surface area contributed by atoms with Gasteiger partial charge in [-0.3, -0.25) is 0 Å². The van der Waals surface area contributed by atoms with E-state index in [0.29, 0.717) is 5.75 Å². The van der Waals surface area contributed by atoms with E-state index in [-0.39, 0.29) is 0 Å². The Balaban J connectivity index is 2.45. The van der Waals surface area contributed by atoms with Crippen molar-refractivity contribution in [2.24, 2.45) is 0 Å². The lowest BCUT2D eigenvalue weighted by Gasteiger charge is -2.03. The van der Waals surface area contributed by atoms with E-state index in [2.05, 4.69) is 30.0 Å². The molecule has 0 aliphatic rings. The minimum atomic E-state index is 0.478. The van der Waals surface area contributed by atoms with E-state index in [0.717, 1.165) is 18.2 Å². The van der Waals surface area contributed by atoms with Crippen LogP contribution in [0.3, 0.4) is 0 Å². The maximum atomic E-state index is 8.54. The standard InChI is InChI=1S/C13H14O2/c1-2-3-10-4-5-12-9-13(15-14)7-6-11(12)8-10/h4-9,14H,2-3H2,1H3. The predicted octanol–water partition coefficient (Wildman–Crippen LogP) is 3.64. The fourth-order valence-corrected chi connectivity index (χ4v) is 1.77. The van der Waals surface area contributed by atoms with Gasteiger partial charge in [-0.25, -0.2) is 5.26 Å². The first kappa shape index (κ1) is 9.99. The smallest absolute Gasteiger partial charge is 0.165 e. The molecule has 0 radical (unpaired) electrons. The number of hydrogen-bond acceptors (Lipinski definition) is 2. The van der Waals surface area contributed by atoms with Gasteiger partial charge in [0.2, 0.25) is 0 Å². The molecular formula is C13H14O2. The molecule has 0 spiro atoms. The molecule has 2 heteroatoms. The quantitative estimate of drug-likeness (QED) is 0.608. The van der Waals surface area contributed by atoms with Crippen molar-refractivity contribution in [3.05, 3.63) is 42.0 Å². The highest BCUT2D eigenvalue weighted by molar-refractivity contribution is 5.84. The maximum Gasteiger partial charge on any atom is 0.165 e. The summed E-state index contributed by atoms with van der Waals surface area (Å²) in [6, 6.07) is 11.9. The van der Waals surface area contributed by atoms with Crippen molar-refractivity contribution < 1.29 is 10.1 Å². The fraction of sp³-hybridized carbons (Fsp3) is 0.231. The van der Waals surface area contributed by atoms with Crippen LogP contribution in [0.5, 0.6) is 5.75 Å². The average molecular weight is 202 g/mol. The Morgan fingerprint density at radius 1 is 1.07 bits per heavy atom. The molecule has 0 saturated heterocycles. The molecule has 2 rings (SSSR count). The first-order valence-corrected chi connectivity index (χ1v) is 5.17. The van der Waals surface area contributed by atoms with E-state index in [4.69, 9.17) is 5.26 Å². The fourth-order valence-electron chi connectivity index (χ4n) is 1.77. The second-order valence-electron chi connectivity index (χ2n) is 3.68. The Labute approximate surface area is 89.0 Å². The minimum Gasteiger partial charge on any atom is -0.340 e. The van der Waals surface area contributed by atoms with Gasteiger partial charge in [-0.2, -0.15) is 0 Å². The van der Waals surface area contributed by atoms with Crippen molar-refractivity contribution in [1.29, 1.82) is 0 Å². The van der Waals surface area contributed by atoms with Gasteiger partial charge in [0, 0.05) is 0 Å². The number of rotatable bonds is 3. The van der Waals surface area contributed by atoms with Gasteiger partial charge in [0.05, 0.1) is 0 Å². The SMILES string of the molecule is CCCc1ccc2cc(OO)ccc2c1. The second kappa shape index (κ2) is 4.32. The lowest BCUT2D eigenvalue weighted by atomic mass is 10.0. The third-order valence-corrected chi connectivity index (χ3v) is 2.52. The van der Waals surface area contributed by atoms with Crippen LogP contribution in [-0.4, -0.2) is 5.26 Å². The van der Waals surface area contributed by atoms with Crippen LogP contribution in [0.1, 0.15) is 18.9 Å². The number of fused-ring (bicyclic) bond motifs is 1. The van der Waals surface area contributed by atoms with Crippen LogP contribution in [0.15, 0.2) is 36.4 Å². The van der Waals surface area contributed by atoms with Crippen molar-refractivity contribution in [3.8, 4) is 5.75 Å². The number of aryl methyl sites for hydroxylation is 1. The lowest BCUT2D eigenvalue weighted by Crippen LogP contribution is -1.85. The van der Waals surface area contributed by atoms with Crippen LogP contribution in [0.4, 0.5) is 0 Å². The van der Waals surface area contributed by atoms with Crippen molar-refractivity contribution in [2.75, 3.05) is 0 Å². The van der Waals surface area contributed by atoms with Crippen LogP contribution in [0.2, 0.25) is 0 Å². The lowest BCUT2D eigenvalue weighted by molar-refractivity contribution is -0.137. The Kier molecular flexibility index (Phi) is 2.88. The summed E-state index contributed by atoms with van der Waals surface area (Å²) in [6.45, 7) is 2.17. The Morgan fingerprint density at radius 3 is 2.53 bits per heavy atom. The summed E-state index contributed by atoms with van der Waals surface area (Å²) in [5.41, 5.74) is 1.35. The van der Waals surface area contributed by atoms with Crippen LogP contribution in [0.25, 0.3) is 10.8 Å². The predicted molar refractivity (Wildman–Crippen MR) is 61.2 cm³/mol. The monoisotopic (exact) mass is 202 g/mol. The Bertz CT molecular complexity index is 463. The van der Waals surface area contributed by atoms with Crippen molar-refractivity contribution in [2.45, 2.75) is 19.8 Å². The van der Waals surface area contributed by atoms with Crippen LogP contribution in [-0.2, 0) is 6.42 Å². The van der Waals surface area contributed by atoms with Crippen LogP contribution in [0, 0.1) is 0 Å².